The molecule has 1 aromatic rings. The molecule has 0 aliphatic carbocycles. The Bertz CT molecular complexity index is 352. The summed E-state index contributed by atoms with van der Waals surface area (Å²) in [7, 11) is 0. The highest BCUT2D eigenvalue weighted by atomic mass is 79.9. The van der Waals surface area contributed by atoms with Crippen molar-refractivity contribution < 1.29 is 18.0 Å². The van der Waals surface area contributed by atoms with Crippen LogP contribution in [0.4, 0.5) is 13.2 Å². The van der Waals surface area contributed by atoms with Gasteiger partial charge >= 0.3 is 0 Å². The second-order valence-corrected chi connectivity index (χ2v) is 4.43. The fourth-order valence-corrected chi connectivity index (χ4v) is 1.46. The molecule has 0 fully saturated rings. The Balaban J connectivity index is 3.04. The number of alkyl halides is 3. The molecule has 88 valence electrons. The topological polar surface area (TPSA) is 17.1 Å². The first kappa shape index (κ1) is 13.2. The van der Waals surface area contributed by atoms with Crippen LogP contribution in [0, 0.1) is 5.41 Å². The molecule has 0 aromatic heterocycles. The van der Waals surface area contributed by atoms with Crippen LogP contribution in [0.15, 0.2) is 28.7 Å². The highest BCUT2D eigenvalue weighted by molar-refractivity contribution is 9.10. The van der Waals surface area contributed by atoms with Gasteiger partial charge in [0.15, 0.2) is 5.78 Å². The van der Waals surface area contributed by atoms with Gasteiger partial charge in [-0.2, -0.15) is 0 Å². The lowest BCUT2D eigenvalue weighted by Crippen LogP contribution is -2.38. The molecule has 0 aliphatic heterocycles. The molecule has 0 unspecified atom stereocenters. The Kier molecular flexibility index (Phi) is 4.53. The average Bonchev–Trinajstić information content (AvgIpc) is 2.33. The van der Waals surface area contributed by atoms with Crippen LogP contribution in [-0.4, -0.2) is 25.8 Å². The Morgan fingerprint density at radius 1 is 1.06 bits per heavy atom. The molecule has 0 spiro atoms. The van der Waals surface area contributed by atoms with Crippen molar-refractivity contribution >= 4 is 21.7 Å². The Hall–Kier alpha value is -0.840. The fourth-order valence-electron chi connectivity index (χ4n) is 1.20. The minimum atomic E-state index is -2.17. The van der Waals surface area contributed by atoms with E-state index in [1.807, 2.05) is 0 Å². The van der Waals surface area contributed by atoms with Gasteiger partial charge in [-0.3, -0.25) is 4.79 Å². The second-order valence-electron chi connectivity index (χ2n) is 3.52. The summed E-state index contributed by atoms with van der Waals surface area (Å²) >= 11 is 3.16. The van der Waals surface area contributed by atoms with E-state index in [2.05, 4.69) is 15.9 Å². The monoisotopic (exact) mass is 294 g/mol. The molecule has 1 nitrogen and oxygen atoms in total. The minimum absolute atomic E-state index is 0.108. The van der Waals surface area contributed by atoms with E-state index in [9.17, 15) is 18.0 Å². The first-order valence-corrected chi connectivity index (χ1v) is 5.37. The average molecular weight is 295 g/mol. The van der Waals surface area contributed by atoms with Crippen LogP contribution < -0.4 is 0 Å². The number of ketones is 1. The van der Waals surface area contributed by atoms with Crippen molar-refractivity contribution in [3.63, 3.8) is 0 Å². The van der Waals surface area contributed by atoms with Crippen molar-refractivity contribution in [2.75, 3.05) is 20.0 Å². The number of carbonyl (C=O) groups excluding carboxylic acids is 1. The molecule has 0 N–H and O–H groups in total. The third-order valence-corrected chi connectivity index (χ3v) is 2.88. The van der Waals surface area contributed by atoms with Gasteiger partial charge in [0, 0.05) is 10.0 Å². The number of Topliss-reactive ketones (excluding diaryl/α,β-unsaturated/α-hetero) is 1. The van der Waals surface area contributed by atoms with Gasteiger partial charge in [0.1, 0.15) is 25.4 Å². The molecule has 1 rings (SSSR count). The van der Waals surface area contributed by atoms with E-state index < -0.39 is 31.2 Å². The summed E-state index contributed by atoms with van der Waals surface area (Å²) in [6.45, 7) is -4.02. The summed E-state index contributed by atoms with van der Waals surface area (Å²) in [4.78, 5) is 11.7. The van der Waals surface area contributed by atoms with Gasteiger partial charge in [-0.25, -0.2) is 13.2 Å². The smallest absolute Gasteiger partial charge is 0.176 e. The summed E-state index contributed by atoms with van der Waals surface area (Å²) in [6, 6.07) is 5.93. The number of hydrogen-bond donors (Lipinski definition) is 0. The molecule has 0 heterocycles. The summed E-state index contributed by atoms with van der Waals surface area (Å²) in [5.74, 6) is -0.840. The highest BCUT2D eigenvalue weighted by Gasteiger charge is 2.39. The lowest BCUT2D eigenvalue weighted by atomic mass is 9.84. The van der Waals surface area contributed by atoms with Crippen LogP contribution in [0.5, 0.6) is 0 Å². The van der Waals surface area contributed by atoms with E-state index in [0.717, 1.165) is 4.47 Å². The van der Waals surface area contributed by atoms with E-state index in [4.69, 9.17) is 0 Å². The zero-order chi connectivity index (χ0) is 12.2. The summed E-state index contributed by atoms with van der Waals surface area (Å²) in [5.41, 5.74) is -2.07. The van der Waals surface area contributed by atoms with Crippen molar-refractivity contribution in [3.05, 3.63) is 34.3 Å². The zero-order valence-electron chi connectivity index (χ0n) is 8.35. The number of rotatable bonds is 5. The Morgan fingerprint density at radius 2 is 1.50 bits per heavy atom. The van der Waals surface area contributed by atoms with Gasteiger partial charge in [-0.15, -0.1) is 0 Å². The standard InChI is InChI=1S/C11H10BrF3O/c12-9-3-1-8(2-4-9)10(16)11(5-13,6-14)7-15/h1-4H,5-7H2. The third-order valence-electron chi connectivity index (χ3n) is 2.36. The van der Waals surface area contributed by atoms with Crippen LogP contribution in [-0.2, 0) is 0 Å². The normalized spacial score (nSPS) is 11.5. The van der Waals surface area contributed by atoms with E-state index >= 15 is 0 Å². The maximum atomic E-state index is 12.6. The lowest BCUT2D eigenvalue weighted by molar-refractivity contribution is 0.0599. The number of hydrogen-bond acceptors (Lipinski definition) is 1. The molecule has 0 aliphatic rings. The SMILES string of the molecule is O=C(c1ccc(Br)cc1)C(CF)(CF)CF. The molecule has 0 atom stereocenters. The van der Waals surface area contributed by atoms with Crippen LogP contribution >= 0.6 is 15.9 Å². The predicted octanol–water partition coefficient (Wildman–Crippen LogP) is 3.53. The van der Waals surface area contributed by atoms with Crippen molar-refractivity contribution in [1.29, 1.82) is 0 Å². The van der Waals surface area contributed by atoms with Crippen molar-refractivity contribution in [3.8, 4) is 0 Å². The predicted molar refractivity (Wildman–Crippen MR) is 58.8 cm³/mol. The molecular weight excluding hydrogens is 285 g/mol. The molecule has 5 heteroatoms. The number of carbonyl (C=O) groups is 1. The maximum Gasteiger partial charge on any atom is 0.176 e. The molecular formula is C11H10BrF3O. The summed E-state index contributed by atoms with van der Waals surface area (Å²) < 4.78 is 38.6. The van der Waals surface area contributed by atoms with Crippen molar-refractivity contribution in [2.45, 2.75) is 0 Å². The van der Waals surface area contributed by atoms with Gasteiger partial charge < -0.3 is 0 Å². The fraction of sp³-hybridized carbons (Fsp3) is 0.364. The number of halogens is 4. The van der Waals surface area contributed by atoms with Crippen LogP contribution in [0.25, 0.3) is 0 Å². The number of benzene rings is 1. The van der Waals surface area contributed by atoms with Gasteiger partial charge in [-0.05, 0) is 12.1 Å². The van der Waals surface area contributed by atoms with Gasteiger partial charge in [0.25, 0.3) is 0 Å². The Labute approximate surface area is 99.8 Å². The molecule has 0 radical (unpaired) electrons. The summed E-state index contributed by atoms with van der Waals surface area (Å²) in [6.07, 6.45) is 0. The molecule has 0 saturated heterocycles. The molecule has 1 aromatic carbocycles. The lowest BCUT2D eigenvalue weighted by Gasteiger charge is -2.22. The first-order valence-electron chi connectivity index (χ1n) is 4.58. The third kappa shape index (κ3) is 2.45. The van der Waals surface area contributed by atoms with Gasteiger partial charge in [-0.1, -0.05) is 28.1 Å². The van der Waals surface area contributed by atoms with Crippen LogP contribution in [0.2, 0.25) is 0 Å². The minimum Gasteiger partial charge on any atom is -0.293 e. The van der Waals surface area contributed by atoms with E-state index in [0.29, 0.717) is 0 Å². The van der Waals surface area contributed by atoms with E-state index in [1.165, 1.54) is 12.1 Å². The summed E-state index contributed by atoms with van der Waals surface area (Å²) in [5, 5.41) is 0. The second kappa shape index (κ2) is 5.48. The van der Waals surface area contributed by atoms with Gasteiger partial charge in [0.2, 0.25) is 0 Å². The van der Waals surface area contributed by atoms with Crippen molar-refractivity contribution in [2.24, 2.45) is 5.41 Å². The molecule has 16 heavy (non-hydrogen) atoms. The van der Waals surface area contributed by atoms with Gasteiger partial charge in [0.05, 0.1) is 0 Å². The Morgan fingerprint density at radius 3 is 1.88 bits per heavy atom. The highest BCUT2D eigenvalue weighted by Crippen LogP contribution is 2.26. The molecule has 0 bridgehead atoms. The van der Waals surface area contributed by atoms with Crippen LogP contribution in [0.3, 0.4) is 0 Å². The maximum absolute atomic E-state index is 12.6. The quantitative estimate of drug-likeness (QED) is 0.760. The zero-order valence-corrected chi connectivity index (χ0v) is 9.94. The first-order chi connectivity index (χ1) is 7.59. The van der Waals surface area contributed by atoms with E-state index in [-0.39, 0.29) is 5.56 Å². The largest absolute Gasteiger partial charge is 0.293 e. The molecule has 0 saturated carbocycles. The van der Waals surface area contributed by atoms with Crippen molar-refractivity contribution in [1.82, 2.24) is 0 Å². The molecule has 0 amide bonds. The van der Waals surface area contributed by atoms with Crippen LogP contribution in [0.1, 0.15) is 10.4 Å². The van der Waals surface area contributed by atoms with E-state index in [1.54, 1.807) is 12.1 Å².